The first kappa shape index (κ1) is 25.0. The third-order valence-corrected chi connectivity index (χ3v) is 7.65. The Morgan fingerprint density at radius 3 is 2.88 bits per heavy atom. The van der Waals surface area contributed by atoms with E-state index in [1.54, 1.807) is 0 Å². The van der Waals surface area contributed by atoms with E-state index < -0.39 is 0 Å². The van der Waals surface area contributed by atoms with E-state index in [4.69, 9.17) is 16.3 Å². The van der Waals surface area contributed by atoms with Crippen molar-refractivity contribution in [2.75, 3.05) is 39.4 Å². The molecule has 2 aliphatic rings. The maximum Gasteiger partial charge on any atom is 0.223 e. The van der Waals surface area contributed by atoms with Gasteiger partial charge in [0.1, 0.15) is 5.82 Å². The van der Waals surface area contributed by atoms with E-state index in [1.165, 1.54) is 12.1 Å². The molecular weight excluding hydrogens is 455 g/mol. The van der Waals surface area contributed by atoms with Crippen LogP contribution in [0.3, 0.4) is 0 Å². The van der Waals surface area contributed by atoms with Crippen LogP contribution in [0.1, 0.15) is 37.9 Å². The Bertz CT molecular complexity index is 1030. The molecule has 3 atom stereocenters. The van der Waals surface area contributed by atoms with Crippen LogP contribution in [0.2, 0.25) is 5.02 Å². The first-order chi connectivity index (χ1) is 16.4. The van der Waals surface area contributed by atoms with Gasteiger partial charge < -0.3 is 20.4 Å². The maximum absolute atomic E-state index is 14.0. The number of halogens is 2. The lowest BCUT2D eigenvalue weighted by atomic mass is 9.85. The first-order valence-corrected chi connectivity index (χ1v) is 12.8. The number of morpholine rings is 1. The average molecular weight is 491 g/mol. The molecule has 1 aliphatic heterocycles. The molecule has 1 saturated heterocycles. The highest BCUT2D eigenvalue weighted by Crippen LogP contribution is 2.35. The Labute approximate surface area is 206 Å². The number of aromatic amines is 1. The minimum atomic E-state index is -0.359. The average Bonchev–Trinajstić information content (AvgIpc) is 3.20. The fraction of sp³-hybridized carbons (Fsp3) is 0.577. The molecule has 2 aromatic rings. The normalized spacial score (nSPS) is 20.5. The number of aryl methyl sites for hydroxylation is 1. The predicted molar refractivity (Wildman–Crippen MR) is 135 cm³/mol. The number of nitrogens with one attached hydrogen (secondary N) is 3. The summed E-state index contributed by atoms with van der Waals surface area (Å²) < 4.78 is 19.4. The molecule has 34 heavy (non-hydrogen) atoms. The molecule has 8 heteroatoms. The van der Waals surface area contributed by atoms with Crippen LogP contribution >= 0.6 is 11.6 Å². The number of nitrogens with zero attached hydrogens (tertiary/aromatic N) is 1. The molecule has 1 aromatic heterocycles. The van der Waals surface area contributed by atoms with Gasteiger partial charge in [-0.3, -0.25) is 9.69 Å². The second-order valence-electron chi connectivity index (χ2n) is 9.61. The van der Waals surface area contributed by atoms with Crippen molar-refractivity contribution in [3.63, 3.8) is 0 Å². The molecule has 186 valence electrons. The maximum atomic E-state index is 14.0. The fourth-order valence-electron chi connectivity index (χ4n) is 5.05. The summed E-state index contributed by atoms with van der Waals surface area (Å²) in [6.07, 6.45) is 3.00. The second kappa shape index (κ2) is 11.1. The highest BCUT2D eigenvalue weighted by atomic mass is 35.5. The molecule has 3 N–H and O–H groups in total. The summed E-state index contributed by atoms with van der Waals surface area (Å²) in [6, 6.07) is 2.70. The summed E-state index contributed by atoms with van der Waals surface area (Å²) in [5.41, 5.74) is 3.67. The zero-order valence-corrected chi connectivity index (χ0v) is 20.9. The molecule has 1 aliphatic carbocycles. The highest BCUT2D eigenvalue weighted by molar-refractivity contribution is 6.35. The molecule has 1 fully saturated rings. The molecule has 0 radical (unpaired) electrons. The number of rotatable bonds is 9. The van der Waals surface area contributed by atoms with Crippen LogP contribution < -0.4 is 10.6 Å². The van der Waals surface area contributed by atoms with Crippen LogP contribution in [0, 0.1) is 17.7 Å². The van der Waals surface area contributed by atoms with Crippen molar-refractivity contribution in [1.82, 2.24) is 20.5 Å². The molecule has 4 rings (SSSR count). The molecule has 0 bridgehead atoms. The number of fused-ring (bicyclic) bond motifs is 3. The van der Waals surface area contributed by atoms with Crippen LogP contribution in [-0.4, -0.2) is 61.2 Å². The highest BCUT2D eigenvalue weighted by Gasteiger charge is 2.31. The van der Waals surface area contributed by atoms with Crippen LogP contribution in [-0.2, 0) is 22.4 Å². The van der Waals surface area contributed by atoms with Gasteiger partial charge in [-0.1, -0.05) is 38.4 Å². The third-order valence-electron chi connectivity index (χ3n) is 7.35. The van der Waals surface area contributed by atoms with Gasteiger partial charge in [0.25, 0.3) is 0 Å². The SMILES string of the molecule is C=C(NCCN1CCOCC1)C(NC(=O)C1CCc2[nH]c3c(Cl)cc(F)cc3c2C1)[C@@H](C)CC. The van der Waals surface area contributed by atoms with Crippen LogP contribution in [0.25, 0.3) is 10.9 Å². The second-order valence-corrected chi connectivity index (χ2v) is 10.0. The summed E-state index contributed by atoms with van der Waals surface area (Å²) in [5, 5.41) is 7.88. The standard InChI is InChI=1S/C26H36ClFN4O2/c1-4-16(2)24(17(3)29-7-8-32-9-11-34-12-10-32)31-26(33)18-5-6-23-20(13-18)21-14-19(28)15-22(27)25(21)30-23/h14-16,18,24,29-30H,3-13H2,1-2H3,(H,31,33)/t16-,18?,24?/m0/s1. The van der Waals surface area contributed by atoms with Gasteiger partial charge >= 0.3 is 0 Å². The number of carbonyl (C=O) groups is 1. The summed E-state index contributed by atoms with van der Waals surface area (Å²) in [6.45, 7) is 13.7. The molecule has 6 nitrogen and oxygen atoms in total. The topological polar surface area (TPSA) is 69.4 Å². The minimum Gasteiger partial charge on any atom is -0.386 e. The van der Waals surface area contributed by atoms with Gasteiger partial charge in [0.05, 0.1) is 29.8 Å². The lowest BCUT2D eigenvalue weighted by molar-refractivity contribution is -0.126. The number of hydrogen-bond acceptors (Lipinski definition) is 4. The van der Waals surface area contributed by atoms with E-state index >= 15 is 0 Å². The van der Waals surface area contributed by atoms with Crippen molar-refractivity contribution in [3.05, 3.63) is 46.5 Å². The van der Waals surface area contributed by atoms with Crippen molar-refractivity contribution in [3.8, 4) is 0 Å². The van der Waals surface area contributed by atoms with E-state index in [-0.39, 0.29) is 29.6 Å². The lowest BCUT2D eigenvalue weighted by Crippen LogP contribution is -2.48. The van der Waals surface area contributed by atoms with E-state index in [1.807, 2.05) is 0 Å². The Kier molecular flexibility index (Phi) is 8.17. The minimum absolute atomic E-state index is 0.0314. The van der Waals surface area contributed by atoms with Crippen molar-refractivity contribution < 1.29 is 13.9 Å². The van der Waals surface area contributed by atoms with Crippen LogP contribution in [0.4, 0.5) is 4.39 Å². The smallest absolute Gasteiger partial charge is 0.223 e. The van der Waals surface area contributed by atoms with E-state index in [0.29, 0.717) is 11.4 Å². The number of amides is 1. The Hall–Kier alpha value is -2.09. The van der Waals surface area contributed by atoms with Crippen LogP contribution in [0.15, 0.2) is 24.4 Å². The van der Waals surface area contributed by atoms with Gasteiger partial charge in [-0.25, -0.2) is 4.39 Å². The van der Waals surface area contributed by atoms with Crippen molar-refractivity contribution in [2.24, 2.45) is 11.8 Å². The molecule has 2 unspecified atom stereocenters. The van der Waals surface area contributed by atoms with Gasteiger partial charge in [-0.15, -0.1) is 0 Å². The third kappa shape index (κ3) is 5.58. The quantitative estimate of drug-likeness (QED) is 0.496. The zero-order valence-electron chi connectivity index (χ0n) is 20.2. The van der Waals surface area contributed by atoms with Gasteiger partial charge in [-0.2, -0.15) is 0 Å². The number of H-pyrrole nitrogens is 1. The van der Waals surface area contributed by atoms with Crippen molar-refractivity contribution in [1.29, 1.82) is 0 Å². The molecule has 1 aromatic carbocycles. The van der Waals surface area contributed by atoms with Gasteiger partial charge in [-0.05, 0) is 42.9 Å². The Morgan fingerprint density at radius 1 is 1.38 bits per heavy atom. The summed E-state index contributed by atoms with van der Waals surface area (Å²) in [7, 11) is 0. The number of ether oxygens (including phenoxy) is 1. The largest absolute Gasteiger partial charge is 0.386 e. The van der Waals surface area contributed by atoms with Crippen molar-refractivity contribution in [2.45, 2.75) is 45.6 Å². The van der Waals surface area contributed by atoms with Gasteiger partial charge in [0.2, 0.25) is 5.91 Å². The number of hydrogen-bond donors (Lipinski definition) is 3. The zero-order chi connectivity index (χ0) is 24.2. The Balaban J connectivity index is 1.39. The number of benzene rings is 1. The molecule has 0 saturated carbocycles. The van der Waals surface area contributed by atoms with Gasteiger partial charge in [0.15, 0.2) is 0 Å². The number of carbonyl (C=O) groups excluding carboxylic acids is 1. The molecule has 0 spiro atoms. The van der Waals surface area contributed by atoms with Gasteiger partial charge in [0, 0.05) is 48.9 Å². The van der Waals surface area contributed by atoms with Crippen LogP contribution in [0.5, 0.6) is 0 Å². The first-order valence-electron chi connectivity index (χ1n) is 12.4. The summed E-state index contributed by atoms with van der Waals surface area (Å²) in [5.74, 6) is -0.236. The lowest BCUT2D eigenvalue weighted by Gasteiger charge is -2.31. The summed E-state index contributed by atoms with van der Waals surface area (Å²) >= 11 is 6.25. The Morgan fingerprint density at radius 2 is 2.15 bits per heavy atom. The fourth-order valence-corrected chi connectivity index (χ4v) is 5.31. The predicted octanol–water partition coefficient (Wildman–Crippen LogP) is 4.03. The molecule has 2 heterocycles. The monoisotopic (exact) mass is 490 g/mol. The van der Waals surface area contributed by atoms with Crippen molar-refractivity contribution >= 4 is 28.4 Å². The van der Waals surface area contributed by atoms with E-state index in [9.17, 15) is 9.18 Å². The van der Waals surface area contributed by atoms with E-state index in [2.05, 4.69) is 40.9 Å². The van der Waals surface area contributed by atoms with E-state index in [0.717, 1.165) is 86.5 Å². The summed E-state index contributed by atoms with van der Waals surface area (Å²) in [4.78, 5) is 19.1. The molecular formula is C26H36ClFN4O2. The number of aromatic nitrogens is 1. The molecule has 1 amide bonds.